The average Bonchev–Trinajstić information content (AvgIpc) is 2.68. The maximum atomic E-state index is 6.27. The highest BCUT2D eigenvalue weighted by molar-refractivity contribution is 9.10. The average molecular weight is 332 g/mol. The van der Waals surface area contributed by atoms with Crippen molar-refractivity contribution in [2.75, 3.05) is 5.73 Å². The molecule has 0 atom stereocenters. The molecule has 0 fully saturated rings. The standard InChI is InChI=1S/C16H18BrN3/c1-5-10-20-14(18)13(19-15(20)16(2,3)4)11-8-6-7-9-12(11)17/h1,6-9H,10,18H2,2-4H3. The molecule has 2 rings (SSSR count). The lowest BCUT2D eigenvalue weighted by Crippen LogP contribution is -2.19. The number of nitrogen functional groups attached to an aromatic ring is 1. The number of nitrogens with two attached hydrogens (primary N) is 1. The molecule has 3 nitrogen and oxygen atoms in total. The molecule has 1 heterocycles. The maximum absolute atomic E-state index is 6.27. The summed E-state index contributed by atoms with van der Waals surface area (Å²) >= 11 is 3.55. The topological polar surface area (TPSA) is 43.8 Å². The van der Waals surface area contributed by atoms with Gasteiger partial charge >= 0.3 is 0 Å². The lowest BCUT2D eigenvalue weighted by molar-refractivity contribution is 0.517. The molecule has 1 aromatic carbocycles. The van der Waals surface area contributed by atoms with Gasteiger partial charge < -0.3 is 10.3 Å². The fourth-order valence-electron chi connectivity index (χ4n) is 2.14. The number of nitrogens with zero attached hydrogens (tertiary/aromatic N) is 2. The molecule has 2 N–H and O–H groups in total. The Morgan fingerprint density at radius 1 is 1.35 bits per heavy atom. The zero-order valence-corrected chi connectivity index (χ0v) is 13.5. The third-order valence-corrected chi connectivity index (χ3v) is 3.75. The van der Waals surface area contributed by atoms with Crippen LogP contribution < -0.4 is 5.73 Å². The quantitative estimate of drug-likeness (QED) is 0.850. The van der Waals surface area contributed by atoms with Crippen LogP contribution in [0.4, 0.5) is 5.82 Å². The lowest BCUT2D eigenvalue weighted by Gasteiger charge is -2.18. The van der Waals surface area contributed by atoms with E-state index in [1.54, 1.807) is 0 Å². The molecule has 0 saturated carbocycles. The first-order valence-electron chi connectivity index (χ1n) is 6.41. The van der Waals surface area contributed by atoms with Gasteiger partial charge in [-0.1, -0.05) is 60.8 Å². The van der Waals surface area contributed by atoms with Crippen molar-refractivity contribution in [2.45, 2.75) is 32.7 Å². The molecule has 0 aliphatic carbocycles. The predicted octanol–water partition coefficient (Wildman–Crippen LogP) is 3.83. The second kappa shape index (κ2) is 5.34. The Morgan fingerprint density at radius 2 is 2.00 bits per heavy atom. The number of halogens is 1. The zero-order valence-electron chi connectivity index (χ0n) is 11.9. The molecule has 0 aliphatic heterocycles. The van der Waals surface area contributed by atoms with Crippen LogP contribution in [-0.4, -0.2) is 9.55 Å². The van der Waals surface area contributed by atoms with Crippen LogP contribution in [0.2, 0.25) is 0 Å². The number of anilines is 1. The summed E-state index contributed by atoms with van der Waals surface area (Å²) in [5.74, 6) is 4.16. The van der Waals surface area contributed by atoms with Gasteiger partial charge in [0.1, 0.15) is 17.3 Å². The van der Waals surface area contributed by atoms with E-state index in [2.05, 4.69) is 42.6 Å². The van der Waals surface area contributed by atoms with Gasteiger partial charge in [-0.3, -0.25) is 0 Å². The van der Waals surface area contributed by atoms with Gasteiger partial charge in [-0.25, -0.2) is 4.98 Å². The fraction of sp³-hybridized carbons (Fsp3) is 0.312. The van der Waals surface area contributed by atoms with Crippen molar-refractivity contribution in [1.29, 1.82) is 0 Å². The third-order valence-electron chi connectivity index (χ3n) is 3.06. The highest BCUT2D eigenvalue weighted by atomic mass is 79.9. The van der Waals surface area contributed by atoms with Gasteiger partial charge in [-0.15, -0.1) is 6.42 Å². The normalized spacial score (nSPS) is 11.3. The van der Waals surface area contributed by atoms with Crippen LogP contribution in [0, 0.1) is 12.3 Å². The summed E-state index contributed by atoms with van der Waals surface area (Å²) in [4.78, 5) is 4.74. The van der Waals surface area contributed by atoms with Crippen molar-refractivity contribution in [3.63, 3.8) is 0 Å². The zero-order chi connectivity index (χ0) is 14.9. The summed E-state index contributed by atoms with van der Waals surface area (Å²) in [5, 5.41) is 0. The Bertz CT molecular complexity index is 672. The molecule has 0 amide bonds. The Balaban J connectivity index is 2.69. The molecule has 1 aromatic heterocycles. The van der Waals surface area contributed by atoms with Crippen LogP contribution in [0.5, 0.6) is 0 Å². The minimum absolute atomic E-state index is 0.121. The van der Waals surface area contributed by atoms with Gasteiger partial charge in [0.15, 0.2) is 0 Å². The molecule has 104 valence electrons. The largest absolute Gasteiger partial charge is 0.383 e. The van der Waals surface area contributed by atoms with Crippen LogP contribution in [-0.2, 0) is 12.0 Å². The van der Waals surface area contributed by atoms with E-state index in [9.17, 15) is 0 Å². The molecule has 4 heteroatoms. The van der Waals surface area contributed by atoms with E-state index >= 15 is 0 Å². The SMILES string of the molecule is C#CCn1c(C(C)(C)C)nc(-c2ccccc2Br)c1N. The van der Waals surface area contributed by atoms with E-state index in [4.69, 9.17) is 17.1 Å². The van der Waals surface area contributed by atoms with Crippen molar-refractivity contribution in [3.05, 3.63) is 34.6 Å². The molecule has 0 radical (unpaired) electrons. The smallest absolute Gasteiger partial charge is 0.132 e. The van der Waals surface area contributed by atoms with E-state index in [0.29, 0.717) is 12.4 Å². The van der Waals surface area contributed by atoms with E-state index < -0.39 is 0 Å². The van der Waals surface area contributed by atoms with Crippen molar-refractivity contribution in [2.24, 2.45) is 0 Å². The molecule has 20 heavy (non-hydrogen) atoms. The van der Waals surface area contributed by atoms with Crippen LogP contribution in [0.1, 0.15) is 26.6 Å². The first kappa shape index (κ1) is 14.7. The van der Waals surface area contributed by atoms with Gasteiger partial charge in [0.05, 0.1) is 6.54 Å². The second-order valence-corrected chi connectivity index (χ2v) is 6.54. The second-order valence-electron chi connectivity index (χ2n) is 5.69. The summed E-state index contributed by atoms with van der Waals surface area (Å²) in [6.07, 6.45) is 5.46. The predicted molar refractivity (Wildman–Crippen MR) is 87.3 cm³/mol. The minimum Gasteiger partial charge on any atom is -0.383 e. The Morgan fingerprint density at radius 3 is 2.55 bits per heavy atom. The van der Waals surface area contributed by atoms with Gasteiger partial charge in [0.25, 0.3) is 0 Å². The van der Waals surface area contributed by atoms with Crippen molar-refractivity contribution in [3.8, 4) is 23.6 Å². The lowest BCUT2D eigenvalue weighted by atomic mass is 9.95. The van der Waals surface area contributed by atoms with E-state index in [0.717, 1.165) is 21.6 Å². The number of benzene rings is 1. The van der Waals surface area contributed by atoms with Crippen LogP contribution in [0.25, 0.3) is 11.3 Å². The molecular formula is C16H18BrN3. The third kappa shape index (κ3) is 2.59. The number of aromatic nitrogens is 2. The Hall–Kier alpha value is -1.73. The van der Waals surface area contributed by atoms with Crippen LogP contribution in [0.15, 0.2) is 28.7 Å². The number of imidazole rings is 1. The molecule has 0 aliphatic rings. The number of terminal acetylenes is 1. The highest BCUT2D eigenvalue weighted by Crippen LogP contribution is 2.35. The molecule has 0 bridgehead atoms. The van der Waals surface area contributed by atoms with Crippen molar-refractivity contribution in [1.82, 2.24) is 9.55 Å². The number of rotatable bonds is 2. The molecular weight excluding hydrogens is 314 g/mol. The number of hydrogen-bond acceptors (Lipinski definition) is 2. The van der Waals surface area contributed by atoms with Crippen molar-refractivity contribution >= 4 is 21.7 Å². The maximum Gasteiger partial charge on any atom is 0.132 e. The summed E-state index contributed by atoms with van der Waals surface area (Å²) in [5.41, 5.74) is 7.90. The number of hydrogen-bond donors (Lipinski definition) is 1. The molecule has 2 aromatic rings. The van der Waals surface area contributed by atoms with E-state index in [1.165, 1.54) is 0 Å². The summed E-state index contributed by atoms with van der Waals surface area (Å²) < 4.78 is 2.88. The highest BCUT2D eigenvalue weighted by Gasteiger charge is 2.25. The molecule has 0 saturated heterocycles. The van der Waals surface area contributed by atoms with Gasteiger partial charge in [-0.2, -0.15) is 0 Å². The van der Waals surface area contributed by atoms with E-state index in [-0.39, 0.29) is 5.41 Å². The Kier molecular flexibility index (Phi) is 3.92. The van der Waals surface area contributed by atoms with Crippen molar-refractivity contribution < 1.29 is 0 Å². The summed E-state index contributed by atoms with van der Waals surface area (Å²) in [6.45, 7) is 6.73. The monoisotopic (exact) mass is 331 g/mol. The first-order chi connectivity index (χ1) is 9.36. The summed E-state index contributed by atoms with van der Waals surface area (Å²) in [6, 6.07) is 7.91. The minimum atomic E-state index is -0.121. The Labute approximate surface area is 128 Å². The fourth-order valence-corrected chi connectivity index (χ4v) is 2.61. The first-order valence-corrected chi connectivity index (χ1v) is 7.20. The van der Waals surface area contributed by atoms with E-state index in [1.807, 2.05) is 28.8 Å². The molecule has 0 unspecified atom stereocenters. The molecule has 0 spiro atoms. The van der Waals surface area contributed by atoms with Crippen LogP contribution >= 0.6 is 15.9 Å². The van der Waals surface area contributed by atoms with Gasteiger partial charge in [-0.05, 0) is 6.07 Å². The van der Waals surface area contributed by atoms with Gasteiger partial charge in [0, 0.05) is 15.5 Å². The van der Waals surface area contributed by atoms with Crippen LogP contribution in [0.3, 0.4) is 0 Å². The van der Waals surface area contributed by atoms with Gasteiger partial charge in [0.2, 0.25) is 0 Å². The summed E-state index contributed by atoms with van der Waals surface area (Å²) in [7, 11) is 0.